The van der Waals surface area contributed by atoms with Crippen LogP contribution in [0.5, 0.6) is 5.75 Å². The first-order valence-electron chi connectivity index (χ1n) is 6.16. The number of benzene rings is 1. The Labute approximate surface area is 113 Å². The van der Waals surface area contributed by atoms with Crippen LogP contribution in [0.15, 0.2) is 30.6 Å². The molecule has 5 nitrogen and oxygen atoms in total. The fourth-order valence-corrected chi connectivity index (χ4v) is 2.05. The summed E-state index contributed by atoms with van der Waals surface area (Å²) in [4.78, 5) is 6.51. The minimum absolute atomic E-state index is 0.722. The van der Waals surface area contributed by atoms with Gasteiger partial charge in [0, 0.05) is 37.7 Å². The van der Waals surface area contributed by atoms with E-state index in [1.807, 2.05) is 42.2 Å². The number of hydrogen-bond donors (Lipinski definition) is 1. The van der Waals surface area contributed by atoms with Gasteiger partial charge >= 0.3 is 0 Å². The number of aromatic nitrogens is 2. The van der Waals surface area contributed by atoms with Crippen molar-refractivity contribution in [2.75, 3.05) is 19.9 Å². The van der Waals surface area contributed by atoms with Gasteiger partial charge in [0.1, 0.15) is 11.6 Å². The van der Waals surface area contributed by atoms with Gasteiger partial charge in [-0.25, -0.2) is 4.98 Å². The molecule has 0 aliphatic heterocycles. The molecule has 5 heteroatoms. The molecule has 2 aromatic rings. The molecule has 0 fully saturated rings. The summed E-state index contributed by atoms with van der Waals surface area (Å²) in [6.45, 7) is 1.59. The Hall–Kier alpha value is -2.01. The molecule has 102 valence electrons. The van der Waals surface area contributed by atoms with Crippen molar-refractivity contribution in [3.05, 3.63) is 42.0 Å². The highest BCUT2D eigenvalue weighted by molar-refractivity contribution is 5.47. The van der Waals surface area contributed by atoms with E-state index in [4.69, 9.17) is 10.5 Å². The molecule has 0 unspecified atom stereocenters. The van der Waals surface area contributed by atoms with Gasteiger partial charge in [-0.15, -0.1) is 0 Å². The summed E-state index contributed by atoms with van der Waals surface area (Å²) in [7, 11) is 5.71. The zero-order chi connectivity index (χ0) is 13.8. The summed E-state index contributed by atoms with van der Waals surface area (Å²) >= 11 is 0. The van der Waals surface area contributed by atoms with E-state index in [2.05, 4.69) is 16.9 Å². The zero-order valence-corrected chi connectivity index (χ0v) is 11.6. The lowest BCUT2D eigenvalue weighted by atomic mass is 10.2. The van der Waals surface area contributed by atoms with E-state index in [0.717, 1.165) is 35.9 Å². The summed E-state index contributed by atoms with van der Waals surface area (Å²) in [6.07, 6.45) is 3.76. The van der Waals surface area contributed by atoms with Crippen molar-refractivity contribution < 1.29 is 4.74 Å². The topological polar surface area (TPSA) is 56.3 Å². The summed E-state index contributed by atoms with van der Waals surface area (Å²) in [5.74, 6) is 1.83. The predicted molar refractivity (Wildman–Crippen MR) is 75.8 cm³/mol. The molecule has 2 rings (SSSR count). The van der Waals surface area contributed by atoms with Gasteiger partial charge in [0.05, 0.1) is 13.7 Å². The third kappa shape index (κ3) is 3.48. The van der Waals surface area contributed by atoms with Crippen LogP contribution < -0.4 is 10.5 Å². The number of nitrogens with zero attached hydrogens (tertiary/aromatic N) is 3. The number of anilines is 1. The molecule has 2 N–H and O–H groups in total. The number of ether oxygens (including phenoxy) is 1. The Morgan fingerprint density at radius 3 is 2.74 bits per heavy atom. The zero-order valence-electron chi connectivity index (χ0n) is 11.6. The van der Waals surface area contributed by atoms with Crippen molar-refractivity contribution in [1.29, 1.82) is 0 Å². The second-order valence-corrected chi connectivity index (χ2v) is 4.74. The molecule has 0 atom stereocenters. The average molecular weight is 260 g/mol. The van der Waals surface area contributed by atoms with Gasteiger partial charge in [0.25, 0.3) is 0 Å². The fourth-order valence-electron chi connectivity index (χ4n) is 2.05. The maximum absolute atomic E-state index is 5.86. The van der Waals surface area contributed by atoms with Crippen LogP contribution in [0.4, 0.5) is 5.69 Å². The van der Waals surface area contributed by atoms with Crippen LogP contribution in [0.3, 0.4) is 0 Å². The molecule has 0 spiro atoms. The minimum atomic E-state index is 0.722. The van der Waals surface area contributed by atoms with Crippen molar-refractivity contribution >= 4 is 5.69 Å². The van der Waals surface area contributed by atoms with Crippen molar-refractivity contribution in [2.45, 2.75) is 13.1 Å². The summed E-state index contributed by atoms with van der Waals surface area (Å²) in [5, 5.41) is 0. The molecule has 0 saturated carbocycles. The standard InChI is InChI=1S/C14H20N4O/c1-17(10-14-16-4-5-18(14)2)9-11-6-12(15)8-13(7-11)19-3/h4-8H,9-10,15H2,1-3H3. The van der Waals surface area contributed by atoms with E-state index in [9.17, 15) is 0 Å². The lowest BCUT2D eigenvalue weighted by molar-refractivity contribution is 0.306. The van der Waals surface area contributed by atoms with Gasteiger partial charge < -0.3 is 15.0 Å². The van der Waals surface area contributed by atoms with Gasteiger partial charge in [-0.1, -0.05) is 0 Å². The van der Waals surface area contributed by atoms with Crippen molar-refractivity contribution in [2.24, 2.45) is 7.05 Å². The van der Waals surface area contributed by atoms with Crippen LogP contribution in [0.25, 0.3) is 0 Å². The maximum Gasteiger partial charge on any atom is 0.122 e. The van der Waals surface area contributed by atoms with Gasteiger partial charge in [0.2, 0.25) is 0 Å². The monoisotopic (exact) mass is 260 g/mol. The van der Waals surface area contributed by atoms with Crippen LogP contribution in [-0.2, 0) is 20.1 Å². The lowest BCUT2D eigenvalue weighted by Crippen LogP contribution is -2.19. The van der Waals surface area contributed by atoms with Crippen LogP contribution in [0.2, 0.25) is 0 Å². The largest absolute Gasteiger partial charge is 0.497 e. The molecule has 1 heterocycles. The van der Waals surface area contributed by atoms with E-state index in [1.54, 1.807) is 7.11 Å². The average Bonchev–Trinajstić information content (AvgIpc) is 2.74. The second-order valence-electron chi connectivity index (χ2n) is 4.74. The summed E-state index contributed by atoms with van der Waals surface area (Å²) in [6, 6.07) is 5.80. The van der Waals surface area contributed by atoms with Gasteiger partial charge in [-0.05, 0) is 24.7 Å². The van der Waals surface area contributed by atoms with Gasteiger partial charge in [0.15, 0.2) is 0 Å². The quantitative estimate of drug-likeness (QED) is 0.830. The molecular formula is C14H20N4O. The van der Waals surface area contributed by atoms with Crippen LogP contribution in [0.1, 0.15) is 11.4 Å². The third-order valence-electron chi connectivity index (χ3n) is 3.01. The molecule has 0 aliphatic carbocycles. The summed E-state index contributed by atoms with van der Waals surface area (Å²) in [5.41, 5.74) is 7.71. The number of rotatable bonds is 5. The SMILES string of the molecule is COc1cc(N)cc(CN(C)Cc2nccn2C)c1. The number of methoxy groups -OCH3 is 1. The van der Waals surface area contributed by atoms with Crippen molar-refractivity contribution in [1.82, 2.24) is 14.5 Å². The second kappa shape index (κ2) is 5.75. The van der Waals surface area contributed by atoms with E-state index in [1.165, 1.54) is 0 Å². The summed E-state index contributed by atoms with van der Waals surface area (Å²) < 4.78 is 7.25. The molecule has 0 bridgehead atoms. The van der Waals surface area contributed by atoms with Crippen LogP contribution in [0, 0.1) is 0 Å². The minimum Gasteiger partial charge on any atom is -0.497 e. The van der Waals surface area contributed by atoms with Crippen LogP contribution in [-0.4, -0.2) is 28.6 Å². The number of aryl methyl sites for hydroxylation is 1. The third-order valence-corrected chi connectivity index (χ3v) is 3.01. The first-order valence-corrected chi connectivity index (χ1v) is 6.16. The van der Waals surface area contributed by atoms with Gasteiger partial charge in [-0.3, -0.25) is 4.90 Å². The highest BCUT2D eigenvalue weighted by Crippen LogP contribution is 2.19. The first kappa shape index (κ1) is 13.4. The lowest BCUT2D eigenvalue weighted by Gasteiger charge is -2.17. The molecule has 0 aliphatic rings. The van der Waals surface area contributed by atoms with E-state index in [-0.39, 0.29) is 0 Å². The Morgan fingerprint density at radius 1 is 1.32 bits per heavy atom. The normalized spacial score (nSPS) is 10.9. The first-order chi connectivity index (χ1) is 9.08. The highest BCUT2D eigenvalue weighted by atomic mass is 16.5. The fraction of sp³-hybridized carbons (Fsp3) is 0.357. The molecular weight excluding hydrogens is 240 g/mol. The number of nitrogen functional groups attached to an aromatic ring is 1. The Morgan fingerprint density at radius 2 is 2.11 bits per heavy atom. The molecule has 19 heavy (non-hydrogen) atoms. The number of hydrogen-bond acceptors (Lipinski definition) is 4. The van der Waals surface area contributed by atoms with E-state index < -0.39 is 0 Å². The van der Waals surface area contributed by atoms with Gasteiger partial charge in [-0.2, -0.15) is 0 Å². The molecule has 0 amide bonds. The smallest absolute Gasteiger partial charge is 0.122 e. The Kier molecular flexibility index (Phi) is 4.06. The maximum atomic E-state index is 5.86. The van der Waals surface area contributed by atoms with Crippen molar-refractivity contribution in [3.8, 4) is 5.75 Å². The highest BCUT2D eigenvalue weighted by Gasteiger charge is 2.07. The predicted octanol–water partition coefficient (Wildman–Crippen LogP) is 1.64. The molecule has 0 radical (unpaired) electrons. The van der Waals surface area contributed by atoms with E-state index >= 15 is 0 Å². The van der Waals surface area contributed by atoms with Crippen LogP contribution >= 0.6 is 0 Å². The number of imidazole rings is 1. The van der Waals surface area contributed by atoms with Crippen molar-refractivity contribution in [3.63, 3.8) is 0 Å². The molecule has 0 saturated heterocycles. The Balaban J connectivity index is 2.04. The molecule has 1 aromatic heterocycles. The molecule has 1 aromatic carbocycles. The Bertz CT molecular complexity index is 550. The number of nitrogens with two attached hydrogens (primary N) is 1. The van der Waals surface area contributed by atoms with E-state index in [0.29, 0.717) is 0 Å².